The second-order valence-corrected chi connectivity index (χ2v) is 5.33. The third-order valence-corrected chi connectivity index (χ3v) is 4.26. The number of rotatable bonds is 3. The average molecular weight is 270 g/mol. The van der Waals surface area contributed by atoms with Gasteiger partial charge >= 0.3 is 0 Å². The highest BCUT2D eigenvalue weighted by Gasteiger charge is 2.19. The first-order valence-electron chi connectivity index (χ1n) is 6.84. The van der Waals surface area contributed by atoms with Crippen molar-refractivity contribution in [2.24, 2.45) is 5.92 Å². The van der Waals surface area contributed by atoms with E-state index in [4.69, 9.17) is 11.6 Å². The molecule has 1 aliphatic rings. The van der Waals surface area contributed by atoms with E-state index in [1.165, 1.54) is 31.7 Å². The summed E-state index contributed by atoms with van der Waals surface area (Å²) >= 11 is 5.89. The van der Waals surface area contributed by atoms with Crippen LogP contribution in [0.5, 0.6) is 0 Å². The van der Waals surface area contributed by atoms with Gasteiger partial charge in [-0.15, -0.1) is 11.6 Å². The number of hydrogen-bond acceptors (Lipinski definition) is 1. The summed E-state index contributed by atoms with van der Waals surface area (Å²) in [4.78, 5) is 2.30. The van der Waals surface area contributed by atoms with Gasteiger partial charge in [0.25, 0.3) is 0 Å². The summed E-state index contributed by atoms with van der Waals surface area (Å²) < 4.78 is 13.7. The van der Waals surface area contributed by atoms with Crippen LogP contribution in [0.1, 0.15) is 38.2 Å². The second-order valence-electron chi connectivity index (χ2n) is 5.06. The van der Waals surface area contributed by atoms with Crippen LogP contribution < -0.4 is 4.90 Å². The Bertz CT molecular complexity index is 394. The minimum absolute atomic E-state index is 0.182. The smallest absolute Gasteiger partial charge is 0.129 e. The van der Waals surface area contributed by atoms with Crippen molar-refractivity contribution in [3.05, 3.63) is 29.6 Å². The number of halogens is 2. The molecule has 0 radical (unpaired) electrons. The second kappa shape index (κ2) is 6.42. The molecule has 100 valence electrons. The van der Waals surface area contributed by atoms with Gasteiger partial charge in [0, 0.05) is 24.3 Å². The SMILES string of the molecule is CCC1CCCN(c2cccc(F)c2CCl)CC1. The Labute approximate surface area is 114 Å². The molecule has 0 spiro atoms. The molecule has 1 unspecified atom stereocenters. The fourth-order valence-corrected chi connectivity index (χ4v) is 3.05. The maximum atomic E-state index is 13.7. The van der Waals surface area contributed by atoms with Crippen molar-refractivity contribution in [2.75, 3.05) is 18.0 Å². The lowest BCUT2D eigenvalue weighted by atomic mass is 9.98. The zero-order chi connectivity index (χ0) is 13.0. The van der Waals surface area contributed by atoms with E-state index in [2.05, 4.69) is 11.8 Å². The quantitative estimate of drug-likeness (QED) is 0.726. The third kappa shape index (κ3) is 2.97. The molecule has 1 aromatic rings. The summed E-state index contributed by atoms with van der Waals surface area (Å²) in [6.07, 6.45) is 4.93. The van der Waals surface area contributed by atoms with Gasteiger partial charge in [-0.2, -0.15) is 0 Å². The molecule has 1 atom stereocenters. The van der Waals surface area contributed by atoms with E-state index in [1.54, 1.807) is 6.07 Å². The summed E-state index contributed by atoms with van der Waals surface area (Å²) in [5.41, 5.74) is 1.64. The summed E-state index contributed by atoms with van der Waals surface area (Å²) in [6.45, 7) is 4.29. The molecule has 1 heterocycles. The van der Waals surface area contributed by atoms with Crippen LogP contribution in [0, 0.1) is 11.7 Å². The molecule has 2 rings (SSSR count). The Kier molecular flexibility index (Phi) is 4.87. The van der Waals surface area contributed by atoms with Crippen molar-refractivity contribution in [2.45, 2.75) is 38.5 Å². The van der Waals surface area contributed by atoms with Crippen molar-refractivity contribution in [3.8, 4) is 0 Å². The molecule has 1 saturated heterocycles. The largest absolute Gasteiger partial charge is 0.371 e. The van der Waals surface area contributed by atoms with Crippen LogP contribution in [0.4, 0.5) is 10.1 Å². The number of nitrogens with zero attached hydrogens (tertiary/aromatic N) is 1. The standard InChI is InChI=1S/C15H21ClFN/c1-2-12-5-4-9-18(10-8-12)15-7-3-6-14(17)13(15)11-16/h3,6-7,12H,2,4-5,8-11H2,1H3. The molecular weight excluding hydrogens is 249 g/mol. The minimum Gasteiger partial charge on any atom is -0.371 e. The Balaban J connectivity index is 2.18. The highest BCUT2D eigenvalue weighted by Crippen LogP contribution is 2.29. The Morgan fingerprint density at radius 3 is 2.89 bits per heavy atom. The predicted octanol–water partition coefficient (Wildman–Crippen LogP) is 4.58. The molecule has 0 N–H and O–H groups in total. The Hall–Kier alpha value is -0.760. The molecule has 0 saturated carbocycles. The van der Waals surface area contributed by atoms with E-state index in [0.717, 1.165) is 24.7 Å². The molecule has 1 fully saturated rings. The average Bonchev–Trinajstić information content (AvgIpc) is 2.63. The van der Waals surface area contributed by atoms with Gasteiger partial charge in [0.05, 0.1) is 5.88 Å². The van der Waals surface area contributed by atoms with E-state index >= 15 is 0 Å². The summed E-state index contributed by atoms with van der Waals surface area (Å²) in [6, 6.07) is 5.27. The van der Waals surface area contributed by atoms with E-state index < -0.39 is 0 Å². The van der Waals surface area contributed by atoms with Crippen molar-refractivity contribution in [1.29, 1.82) is 0 Å². The summed E-state index contributed by atoms with van der Waals surface area (Å²) in [7, 11) is 0. The Morgan fingerprint density at radius 2 is 2.17 bits per heavy atom. The molecular formula is C15H21ClFN. The van der Waals surface area contributed by atoms with E-state index in [-0.39, 0.29) is 11.7 Å². The number of hydrogen-bond donors (Lipinski definition) is 0. The molecule has 3 heteroatoms. The zero-order valence-corrected chi connectivity index (χ0v) is 11.7. The minimum atomic E-state index is -0.182. The van der Waals surface area contributed by atoms with Gasteiger partial charge in [-0.1, -0.05) is 19.4 Å². The molecule has 0 bridgehead atoms. The topological polar surface area (TPSA) is 3.24 Å². The first-order chi connectivity index (χ1) is 8.76. The van der Waals surface area contributed by atoms with Crippen LogP contribution in [0.3, 0.4) is 0 Å². The van der Waals surface area contributed by atoms with Crippen LogP contribution in [0.15, 0.2) is 18.2 Å². The zero-order valence-electron chi connectivity index (χ0n) is 11.0. The van der Waals surface area contributed by atoms with Crippen molar-refractivity contribution < 1.29 is 4.39 Å². The van der Waals surface area contributed by atoms with E-state index in [1.807, 2.05) is 6.07 Å². The van der Waals surface area contributed by atoms with Crippen molar-refractivity contribution in [3.63, 3.8) is 0 Å². The Morgan fingerprint density at radius 1 is 1.33 bits per heavy atom. The van der Waals surface area contributed by atoms with Crippen LogP contribution in [0.25, 0.3) is 0 Å². The van der Waals surface area contributed by atoms with Gasteiger partial charge in [-0.25, -0.2) is 4.39 Å². The maximum Gasteiger partial charge on any atom is 0.129 e. The van der Waals surface area contributed by atoms with Crippen molar-refractivity contribution in [1.82, 2.24) is 0 Å². The van der Waals surface area contributed by atoms with Gasteiger partial charge in [-0.05, 0) is 37.3 Å². The summed E-state index contributed by atoms with van der Waals surface area (Å²) in [5.74, 6) is 0.886. The normalized spacial score (nSPS) is 20.8. The molecule has 0 aliphatic carbocycles. The first kappa shape index (κ1) is 13.7. The van der Waals surface area contributed by atoms with Crippen molar-refractivity contribution >= 4 is 17.3 Å². The van der Waals surface area contributed by atoms with Crippen LogP contribution in [-0.4, -0.2) is 13.1 Å². The lowest BCUT2D eigenvalue weighted by Crippen LogP contribution is -2.25. The summed E-state index contributed by atoms with van der Waals surface area (Å²) in [5, 5.41) is 0. The number of anilines is 1. The number of benzene rings is 1. The first-order valence-corrected chi connectivity index (χ1v) is 7.38. The van der Waals surface area contributed by atoms with E-state index in [9.17, 15) is 4.39 Å². The third-order valence-electron chi connectivity index (χ3n) is 3.99. The highest BCUT2D eigenvalue weighted by atomic mass is 35.5. The van der Waals surface area contributed by atoms with Gasteiger partial charge in [0.15, 0.2) is 0 Å². The molecule has 18 heavy (non-hydrogen) atoms. The van der Waals surface area contributed by atoms with Crippen LogP contribution >= 0.6 is 11.6 Å². The fraction of sp³-hybridized carbons (Fsp3) is 0.600. The van der Waals surface area contributed by atoms with Gasteiger partial charge in [0.2, 0.25) is 0 Å². The van der Waals surface area contributed by atoms with Gasteiger partial charge in [-0.3, -0.25) is 0 Å². The number of alkyl halides is 1. The van der Waals surface area contributed by atoms with Gasteiger partial charge in [0.1, 0.15) is 5.82 Å². The highest BCUT2D eigenvalue weighted by molar-refractivity contribution is 6.17. The molecule has 0 aromatic heterocycles. The molecule has 1 aliphatic heterocycles. The predicted molar refractivity (Wildman–Crippen MR) is 75.8 cm³/mol. The lowest BCUT2D eigenvalue weighted by molar-refractivity contribution is 0.459. The molecule has 1 aromatic carbocycles. The molecule has 1 nitrogen and oxygen atoms in total. The lowest BCUT2D eigenvalue weighted by Gasteiger charge is -2.25. The van der Waals surface area contributed by atoms with E-state index in [0.29, 0.717) is 5.56 Å². The van der Waals surface area contributed by atoms with Crippen LogP contribution in [-0.2, 0) is 5.88 Å². The monoisotopic (exact) mass is 269 g/mol. The van der Waals surface area contributed by atoms with Crippen LogP contribution in [0.2, 0.25) is 0 Å². The van der Waals surface area contributed by atoms with Gasteiger partial charge < -0.3 is 4.90 Å². The molecule has 0 amide bonds. The maximum absolute atomic E-state index is 13.7. The fourth-order valence-electron chi connectivity index (χ4n) is 2.79.